The second-order valence-electron chi connectivity index (χ2n) is 14.8. The monoisotopic (exact) mass is 676 g/mol. The minimum atomic E-state index is -4.52. The molecule has 0 unspecified atom stereocenters. The first-order valence-electron chi connectivity index (χ1n) is 18.0. The lowest BCUT2D eigenvalue weighted by molar-refractivity contribution is -0.137. The van der Waals surface area contributed by atoms with Crippen LogP contribution >= 0.6 is 0 Å². The van der Waals surface area contributed by atoms with Crippen molar-refractivity contribution in [1.82, 2.24) is 9.13 Å². The number of nitrogens with zero attached hydrogens (tertiary/aromatic N) is 2. The topological polar surface area (TPSA) is 9.86 Å². The molecular weight excluding hydrogens is 638 g/mol. The zero-order valence-corrected chi connectivity index (χ0v) is 28.8. The molecule has 0 N–H and O–H groups in total. The minimum Gasteiger partial charge on any atom is -0.309 e. The largest absolute Gasteiger partial charge is 0.416 e. The lowest BCUT2D eigenvalue weighted by Gasteiger charge is -2.37. The smallest absolute Gasteiger partial charge is 0.309 e. The van der Waals surface area contributed by atoms with E-state index in [2.05, 4.69) is 66.9 Å². The molecule has 0 radical (unpaired) electrons. The average Bonchev–Trinajstić information content (AvgIpc) is 3.67. The maximum absolute atomic E-state index is 14.6. The summed E-state index contributed by atoms with van der Waals surface area (Å²) in [5.41, 5.74) is 7.29. The van der Waals surface area contributed by atoms with Gasteiger partial charge in [0, 0.05) is 32.9 Å². The number of hydrogen-bond acceptors (Lipinski definition) is 0. The molecule has 0 aliphatic heterocycles. The van der Waals surface area contributed by atoms with Crippen molar-refractivity contribution in [3.63, 3.8) is 0 Å². The van der Waals surface area contributed by atoms with Crippen LogP contribution in [-0.4, -0.2) is 9.13 Å². The van der Waals surface area contributed by atoms with E-state index in [0.717, 1.165) is 44.1 Å². The van der Waals surface area contributed by atoms with E-state index in [0.29, 0.717) is 17.2 Å². The van der Waals surface area contributed by atoms with E-state index < -0.39 is 11.7 Å². The fourth-order valence-electron chi connectivity index (χ4n) is 8.81. The Balaban J connectivity index is 1.21. The first kappa shape index (κ1) is 31.7. The minimum absolute atomic E-state index is 0.0648. The highest BCUT2D eigenvalue weighted by molar-refractivity contribution is 6.10. The van der Waals surface area contributed by atoms with Crippen LogP contribution < -0.4 is 0 Å². The summed E-state index contributed by atoms with van der Waals surface area (Å²) in [6.45, 7) is 4.80. The van der Waals surface area contributed by atoms with E-state index in [9.17, 15) is 13.2 Å². The van der Waals surface area contributed by atoms with Crippen molar-refractivity contribution in [3.05, 3.63) is 145 Å². The van der Waals surface area contributed by atoms with Crippen LogP contribution in [0.25, 0.3) is 66.1 Å². The van der Waals surface area contributed by atoms with Gasteiger partial charge in [-0.2, -0.15) is 13.2 Å². The quantitative estimate of drug-likeness (QED) is 0.172. The van der Waals surface area contributed by atoms with Gasteiger partial charge in [-0.3, -0.25) is 0 Å². The summed E-state index contributed by atoms with van der Waals surface area (Å²) in [6.07, 6.45) is 1.97. The van der Waals surface area contributed by atoms with Crippen molar-refractivity contribution in [1.29, 1.82) is 0 Å². The third-order valence-corrected chi connectivity index (χ3v) is 11.6. The highest BCUT2D eigenvalue weighted by Gasteiger charge is 2.33. The maximum Gasteiger partial charge on any atom is 0.416 e. The second-order valence-corrected chi connectivity index (χ2v) is 14.8. The van der Waals surface area contributed by atoms with E-state index >= 15 is 0 Å². The lowest BCUT2D eigenvalue weighted by atomic mass is 9.67. The van der Waals surface area contributed by atoms with Crippen LogP contribution in [0, 0.1) is 5.92 Å². The first-order valence-corrected chi connectivity index (χ1v) is 18.0. The van der Waals surface area contributed by atoms with Gasteiger partial charge in [-0.05, 0) is 102 Å². The normalized spacial score (nSPS) is 14.7. The Morgan fingerprint density at radius 3 is 1.65 bits per heavy atom. The zero-order valence-electron chi connectivity index (χ0n) is 28.8. The fraction of sp³-hybridized carbons (Fsp3) is 0.217. The SMILES string of the molecule is CC(C)(c1ccc2c(c1)c1ccccc1n2-c1cccc(-c2cc(-n3c4ccccc4c4ccccc43)cc(C(F)(F)F)c2)c1)C1CCCCC1. The van der Waals surface area contributed by atoms with Crippen molar-refractivity contribution in [2.75, 3.05) is 0 Å². The number of aromatic nitrogens is 2. The molecule has 0 amide bonds. The van der Waals surface area contributed by atoms with E-state index in [1.54, 1.807) is 0 Å². The molecule has 51 heavy (non-hydrogen) atoms. The summed E-state index contributed by atoms with van der Waals surface area (Å²) in [7, 11) is 0. The molecule has 1 saturated carbocycles. The van der Waals surface area contributed by atoms with Crippen LogP contribution in [-0.2, 0) is 11.6 Å². The van der Waals surface area contributed by atoms with Gasteiger partial charge in [-0.1, -0.05) is 106 Å². The maximum atomic E-state index is 14.6. The molecule has 1 aliphatic carbocycles. The molecule has 5 heteroatoms. The zero-order chi connectivity index (χ0) is 34.9. The molecule has 0 bridgehead atoms. The van der Waals surface area contributed by atoms with Gasteiger partial charge in [0.2, 0.25) is 0 Å². The summed E-state index contributed by atoms with van der Waals surface area (Å²) in [5.74, 6) is 0.661. The van der Waals surface area contributed by atoms with Gasteiger partial charge in [0.15, 0.2) is 0 Å². The molecule has 0 saturated heterocycles. The van der Waals surface area contributed by atoms with Crippen LogP contribution in [0.3, 0.4) is 0 Å². The fourth-order valence-corrected chi connectivity index (χ4v) is 8.81. The Bertz CT molecular complexity index is 2540. The van der Waals surface area contributed by atoms with E-state index in [-0.39, 0.29) is 5.41 Å². The standard InChI is InChI=1S/C46H39F3N2/c1-45(2,32-14-4-3-5-15-32)33-23-24-44-40(29-33)39-19-8-11-22-43(39)50(44)35-16-12-13-30(26-35)31-25-34(46(47,48)49)28-36(27-31)51-41-20-9-6-17-37(41)38-18-7-10-21-42(38)51/h6-13,16-29,32H,3-5,14-15H2,1-2H3. The Labute approximate surface area is 295 Å². The number of rotatable bonds is 5. The second kappa shape index (κ2) is 11.9. The van der Waals surface area contributed by atoms with Gasteiger partial charge in [-0.25, -0.2) is 0 Å². The number of halogens is 3. The van der Waals surface area contributed by atoms with Crippen molar-refractivity contribution < 1.29 is 13.2 Å². The van der Waals surface area contributed by atoms with Gasteiger partial charge in [0.1, 0.15) is 0 Å². The van der Waals surface area contributed by atoms with E-state index in [4.69, 9.17) is 0 Å². The van der Waals surface area contributed by atoms with Crippen LogP contribution in [0.1, 0.15) is 57.1 Å². The summed E-state index contributed by atoms with van der Waals surface area (Å²) in [6, 6.07) is 43.5. The van der Waals surface area contributed by atoms with Crippen molar-refractivity contribution in [2.45, 2.75) is 57.5 Å². The number of fused-ring (bicyclic) bond motifs is 6. The molecule has 0 spiro atoms. The first-order chi connectivity index (χ1) is 24.7. The third kappa shape index (κ3) is 5.24. The molecule has 2 heterocycles. The Kier molecular flexibility index (Phi) is 7.39. The molecular formula is C46H39F3N2. The van der Waals surface area contributed by atoms with Gasteiger partial charge in [0.25, 0.3) is 0 Å². The van der Waals surface area contributed by atoms with Crippen molar-refractivity contribution >= 4 is 43.6 Å². The number of benzene rings is 6. The van der Waals surface area contributed by atoms with Gasteiger partial charge < -0.3 is 9.13 Å². The number of alkyl halides is 3. The number of para-hydroxylation sites is 3. The molecule has 1 aliphatic rings. The highest BCUT2D eigenvalue weighted by atomic mass is 19.4. The summed E-state index contributed by atoms with van der Waals surface area (Å²) >= 11 is 0. The molecule has 1 fully saturated rings. The lowest BCUT2D eigenvalue weighted by Crippen LogP contribution is -2.30. The van der Waals surface area contributed by atoms with Crippen molar-refractivity contribution in [2.24, 2.45) is 5.92 Å². The Morgan fingerprint density at radius 1 is 0.471 bits per heavy atom. The molecule has 2 aromatic heterocycles. The van der Waals surface area contributed by atoms with Gasteiger partial charge in [-0.15, -0.1) is 0 Å². The molecule has 254 valence electrons. The number of hydrogen-bond donors (Lipinski definition) is 0. The predicted molar refractivity (Wildman–Crippen MR) is 205 cm³/mol. The average molecular weight is 677 g/mol. The summed E-state index contributed by atoms with van der Waals surface area (Å²) in [4.78, 5) is 0. The highest BCUT2D eigenvalue weighted by Crippen LogP contribution is 2.44. The summed E-state index contributed by atoms with van der Waals surface area (Å²) < 4.78 is 48.0. The van der Waals surface area contributed by atoms with Crippen LogP contribution in [0.2, 0.25) is 0 Å². The molecule has 2 nitrogen and oxygen atoms in total. The van der Waals surface area contributed by atoms with Gasteiger partial charge in [0.05, 0.1) is 27.6 Å². The van der Waals surface area contributed by atoms with Crippen molar-refractivity contribution in [3.8, 4) is 22.5 Å². The third-order valence-electron chi connectivity index (χ3n) is 11.6. The Hall–Kier alpha value is -5.29. The molecule has 9 rings (SSSR count). The molecule has 6 aromatic carbocycles. The van der Waals surface area contributed by atoms with E-state index in [1.807, 2.05) is 77.4 Å². The predicted octanol–water partition coefficient (Wildman–Crippen LogP) is 13.4. The van der Waals surface area contributed by atoms with Crippen LogP contribution in [0.4, 0.5) is 13.2 Å². The molecule has 0 atom stereocenters. The Morgan fingerprint density at radius 2 is 1.02 bits per heavy atom. The molecule has 8 aromatic rings. The van der Waals surface area contributed by atoms with Gasteiger partial charge >= 0.3 is 6.18 Å². The van der Waals surface area contributed by atoms with Crippen LogP contribution in [0.15, 0.2) is 133 Å². The van der Waals surface area contributed by atoms with E-state index in [1.165, 1.54) is 60.6 Å². The van der Waals surface area contributed by atoms with Crippen LogP contribution in [0.5, 0.6) is 0 Å². The summed E-state index contributed by atoms with van der Waals surface area (Å²) in [5, 5.41) is 4.38.